The number of ether oxygens (including phenoxy) is 2. The van der Waals surface area contributed by atoms with Crippen LogP contribution in [0, 0.1) is 5.92 Å². The summed E-state index contributed by atoms with van der Waals surface area (Å²) in [5.41, 5.74) is -0.173. The molecule has 0 amide bonds. The van der Waals surface area contributed by atoms with Crippen LogP contribution in [-0.4, -0.2) is 50.2 Å². The van der Waals surface area contributed by atoms with Gasteiger partial charge >= 0.3 is 0 Å². The summed E-state index contributed by atoms with van der Waals surface area (Å²) in [6.07, 6.45) is 2.97. The molecule has 4 nitrogen and oxygen atoms in total. The van der Waals surface area contributed by atoms with Gasteiger partial charge in [-0.15, -0.1) is 0 Å². The molecule has 0 spiro atoms. The van der Waals surface area contributed by atoms with Gasteiger partial charge in [0, 0.05) is 18.8 Å². The van der Waals surface area contributed by atoms with E-state index in [2.05, 4.69) is 33.0 Å². The number of aliphatic hydroxyl groups excluding tert-OH is 1. The fraction of sp³-hybridized carbons (Fsp3) is 1.00. The van der Waals surface area contributed by atoms with Gasteiger partial charge in [0.25, 0.3) is 0 Å². The highest BCUT2D eigenvalue weighted by Crippen LogP contribution is 2.11. The largest absolute Gasteiger partial charge is 0.394 e. The number of rotatable bonds is 13. The molecule has 0 saturated heterocycles. The van der Waals surface area contributed by atoms with Crippen LogP contribution in [0.4, 0.5) is 0 Å². The van der Waals surface area contributed by atoms with E-state index < -0.39 is 0 Å². The molecule has 1 atom stereocenters. The molecular weight excluding hydrogens is 242 g/mol. The molecule has 0 rings (SSSR count). The molecule has 0 aliphatic carbocycles. The quantitative estimate of drug-likeness (QED) is 0.506. The maximum Gasteiger partial charge on any atom is 0.0700 e. The normalized spacial score (nSPS) is 14.8. The molecule has 0 saturated carbocycles. The molecule has 0 fully saturated rings. The molecule has 0 heterocycles. The maximum atomic E-state index is 9.41. The molecular formula is C15H33NO3. The molecule has 4 heteroatoms. The Morgan fingerprint density at radius 2 is 1.84 bits per heavy atom. The van der Waals surface area contributed by atoms with Gasteiger partial charge in [0.2, 0.25) is 0 Å². The monoisotopic (exact) mass is 275 g/mol. The van der Waals surface area contributed by atoms with Crippen LogP contribution in [0.2, 0.25) is 0 Å². The van der Waals surface area contributed by atoms with Crippen molar-refractivity contribution in [1.82, 2.24) is 5.32 Å². The van der Waals surface area contributed by atoms with Gasteiger partial charge in [0.1, 0.15) is 0 Å². The molecule has 0 radical (unpaired) electrons. The van der Waals surface area contributed by atoms with E-state index >= 15 is 0 Å². The Hall–Kier alpha value is -0.160. The molecule has 0 aromatic rings. The Bertz CT molecular complexity index is 200. The van der Waals surface area contributed by atoms with Crippen molar-refractivity contribution < 1.29 is 14.6 Å². The number of hydrogen-bond donors (Lipinski definition) is 2. The third kappa shape index (κ3) is 11.4. The minimum absolute atomic E-state index is 0.171. The summed E-state index contributed by atoms with van der Waals surface area (Å²) < 4.78 is 11.0. The second-order valence-corrected chi connectivity index (χ2v) is 5.83. The lowest BCUT2D eigenvalue weighted by atomic mass is 9.97. The molecule has 0 aromatic heterocycles. The average Bonchev–Trinajstić information content (AvgIpc) is 2.39. The van der Waals surface area contributed by atoms with Crippen LogP contribution in [0.3, 0.4) is 0 Å². The fourth-order valence-electron chi connectivity index (χ4n) is 1.75. The first-order chi connectivity index (χ1) is 9.04. The maximum absolute atomic E-state index is 9.41. The summed E-state index contributed by atoms with van der Waals surface area (Å²) in [6.45, 7) is 12.4. The average molecular weight is 275 g/mol. The lowest BCUT2D eigenvalue weighted by Crippen LogP contribution is -2.46. The summed E-state index contributed by atoms with van der Waals surface area (Å²) >= 11 is 0. The van der Waals surface area contributed by atoms with Gasteiger partial charge < -0.3 is 19.9 Å². The summed E-state index contributed by atoms with van der Waals surface area (Å²) in [5, 5.41) is 12.8. The predicted octanol–water partition coefficient (Wildman–Crippen LogP) is 2.21. The minimum Gasteiger partial charge on any atom is -0.394 e. The van der Waals surface area contributed by atoms with Gasteiger partial charge in [-0.05, 0) is 38.6 Å². The summed E-state index contributed by atoms with van der Waals surface area (Å²) in [7, 11) is 0. The molecule has 1 unspecified atom stereocenters. The first kappa shape index (κ1) is 18.8. The van der Waals surface area contributed by atoms with Crippen LogP contribution in [0.25, 0.3) is 0 Å². The van der Waals surface area contributed by atoms with Gasteiger partial charge in [-0.3, -0.25) is 0 Å². The number of nitrogens with one attached hydrogen (secondary N) is 1. The molecule has 0 aromatic carbocycles. The SMILES string of the molecule is CCCNC(C)(CO)CCCOCCOCC(C)C. The predicted molar refractivity (Wildman–Crippen MR) is 79.5 cm³/mol. The van der Waals surface area contributed by atoms with Gasteiger partial charge in [-0.2, -0.15) is 0 Å². The zero-order chi connectivity index (χ0) is 14.6. The summed E-state index contributed by atoms with van der Waals surface area (Å²) in [4.78, 5) is 0. The lowest BCUT2D eigenvalue weighted by molar-refractivity contribution is 0.0338. The van der Waals surface area contributed by atoms with E-state index in [1.807, 2.05) is 0 Å². The van der Waals surface area contributed by atoms with E-state index in [0.717, 1.165) is 39.0 Å². The molecule has 0 aliphatic heterocycles. The molecule has 2 N–H and O–H groups in total. The minimum atomic E-state index is -0.173. The highest BCUT2D eigenvalue weighted by molar-refractivity contribution is 4.81. The van der Waals surface area contributed by atoms with E-state index in [-0.39, 0.29) is 12.1 Å². The highest BCUT2D eigenvalue weighted by atomic mass is 16.5. The van der Waals surface area contributed by atoms with Crippen molar-refractivity contribution in [2.24, 2.45) is 5.92 Å². The van der Waals surface area contributed by atoms with Crippen molar-refractivity contribution in [3.8, 4) is 0 Å². The zero-order valence-electron chi connectivity index (χ0n) is 13.2. The number of hydrogen-bond acceptors (Lipinski definition) is 4. The third-order valence-electron chi connectivity index (χ3n) is 2.99. The third-order valence-corrected chi connectivity index (χ3v) is 2.99. The Balaban J connectivity index is 3.45. The van der Waals surface area contributed by atoms with Crippen LogP contribution in [0.5, 0.6) is 0 Å². The summed E-state index contributed by atoms with van der Waals surface area (Å²) in [6, 6.07) is 0. The van der Waals surface area contributed by atoms with Crippen molar-refractivity contribution in [3.63, 3.8) is 0 Å². The molecule has 0 bridgehead atoms. The Labute approximate surface area is 118 Å². The fourth-order valence-corrected chi connectivity index (χ4v) is 1.75. The van der Waals surface area contributed by atoms with E-state index in [1.165, 1.54) is 0 Å². The van der Waals surface area contributed by atoms with Gasteiger partial charge in [-0.1, -0.05) is 20.8 Å². The van der Waals surface area contributed by atoms with Crippen molar-refractivity contribution in [1.29, 1.82) is 0 Å². The highest BCUT2D eigenvalue weighted by Gasteiger charge is 2.21. The number of aliphatic hydroxyl groups is 1. The second kappa shape index (κ2) is 11.6. The summed E-state index contributed by atoms with van der Waals surface area (Å²) in [5.74, 6) is 0.579. The van der Waals surface area contributed by atoms with Crippen molar-refractivity contribution in [2.45, 2.75) is 52.5 Å². The molecule has 19 heavy (non-hydrogen) atoms. The smallest absolute Gasteiger partial charge is 0.0700 e. The first-order valence-corrected chi connectivity index (χ1v) is 7.55. The Morgan fingerprint density at radius 3 is 2.42 bits per heavy atom. The van der Waals surface area contributed by atoms with Gasteiger partial charge in [0.15, 0.2) is 0 Å². The standard InChI is InChI=1S/C15H33NO3/c1-5-8-16-15(4,13-17)7-6-9-18-10-11-19-12-14(2)3/h14,16-17H,5-13H2,1-4H3. The van der Waals surface area contributed by atoms with E-state index in [4.69, 9.17) is 9.47 Å². The van der Waals surface area contributed by atoms with Crippen LogP contribution in [0.15, 0.2) is 0 Å². The van der Waals surface area contributed by atoms with Gasteiger partial charge in [0.05, 0.1) is 19.8 Å². The molecule has 0 aliphatic rings. The topological polar surface area (TPSA) is 50.7 Å². The van der Waals surface area contributed by atoms with Crippen LogP contribution < -0.4 is 5.32 Å². The van der Waals surface area contributed by atoms with E-state index in [9.17, 15) is 5.11 Å². The first-order valence-electron chi connectivity index (χ1n) is 7.55. The van der Waals surface area contributed by atoms with E-state index in [1.54, 1.807) is 0 Å². The van der Waals surface area contributed by atoms with E-state index in [0.29, 0.717) is 19.1 Å². The zero-order valence-corrected chi connectivity index (χ0v) is 13.2. The van der Waals surface area contributed by atoms with Crippen LogP contribution in [-0.2, 0) is 9.47 Å². The van der Waals surface area contributed by atoms with Crippen molar-refractivity contribution >= 4 is 0 Å². The van der Waals surface area contributed by atoms with Crippen LogP contribution >= 0.6 is 0 Å². The Kier molecular flexibility index (Phi) is 11.6. The Morgan fingerprint density at radius 1 is 1.16 bits per heavy atom. The van der Waals surface area contributed by atoms with Crippen molar-refractivity contribution in [2.75, 3.05) is 39.6 Å². The van der Waals surface area contributed by atoms with Gasteiger partial charge in [-0.25, -0.2) is 0 Å². The lowest BCUT2D eigenvalue weighted by Gasteiger charge is -2.28. The van der Waals surface area contributed by atoms with Crippen molar-refractivity contribution in [3.05, 3.63) is 0 Å². The van der Waals surface area contributed by atoms with Crippen LogP contribution in [0.1, 0.15) is 47.0 Å². The molecule has 116 valence electrons. The second-order valence-electron chi connectivity index (χ2n) is 5.83.